The number of carbonyl (C=O) groups excluding carboxylic acids is 2. The topological polar surface area (TPSA) is 80.3 Å². The first-order valence-corrected chi connectivity index (χ1v) is 12.3. The van der Waals surface area contributed by atoms with E-state index >= 15 is 0 Å². The lowest BCUT2D eigenvalue weighted by atomic mass is 9.88. The average Bonchev–Trinajstić information content (AvgIpc) is 3.37. The monoisotopic (exact) mass is 459 g/mol. The van der Waals surface area contributed by atoms with E-state index in [0.29, 0.717) is 41.9 Å². The van der Waals surface area contributed by atoms with E-state index in [4.69, 9.17) is 14.2 Å². The Morgan fingerprint density at radius 3 is 2.30 bits per heavy atom. The number of ether oxygens (including phenoxy) is 3. The molecule has 1 atom stereocenters. The van der Waals surface area contributed by atoms with Crippen molar-refractivity contribution in [2.45, 2.75) is 51.0 Å². The Kier molecular flexibility index (Phi) is 8.09. The Labute approximate surface area is 196 Å². The third-order valence-corrected chi connectivity index (χ3v) is 7.13. The number of benzene rings is 1. The zero-order valence-corrected chi connectivity index (χ0v) is 19.9. The third-order valence-electron chi connectivity index (χ3n) is 7.13. The first-order chi connectivity index (χ1) is 16.1. The lowest BCUT2D eigenvalue weighted by Gasteiger charge is -2.36. The van der Waals surface area contributed by atoms with Crippen LogP contribution in [0, 0.1) is 5.92 Å². The number of hydrogen-bond donors (Lipinski definition) is 1. The van der Waals surface area contributed by atoms with Gasteiger partial charge in [-0.15, -0.1) is 0 Å². The van der Waals surface area contributed by atoms with Gasteiger partial charge in [0.2, 0.25) is 5.91 Å². The zero-order valence-electron chi connectivity index (χ0n) is 19.9. The normalized spacial score (nSPS) is 22.2. The van der Waals surface area contributed by atoms with Gasteiger partial charge in [0, 0.05) is 51.3 Å². The Hall–Kier alpha value is -2.32. The van der Waals surface area contributed by atoms with E-state index in [-0.39, 0.29) is 17.7 Å². The van der Waals surface area contributed by atoms with Crippen LogP contribution >= 0.6 is 0 Å². The van der Waals surface area contributed by atoms with Gasteiger partial charge in [-0.2, -0.15) is 0 Å². The predicted octanol–water partition coefficient (Wildman–Crippen LogP) is 3.16. The minimum atomic E-state index is -0.0911. The number of amides is 2. The van der Waals surface area contributed by atoms with Crippen molar-refractivity contribution in [1.29, 1.82) is 0 Å². The van der Waals surface area contributed by atoms with Gasteiger partial charge in [-0.3, -0.25) is 14.5 Å². The van der Waals surface area contributed by atoms with Crippen molar-refractivity contribution in [3.63, 3.8) is 0 Å². The Morgan fingerprint density at radius 1 is 0.970 bits per heavy atom. The van der Waals surface area contributed by atoms with E-state index < -0.39 is 0 Å². The van der Waals surface area contributed by atoms with Gasteiger partial charge in [0.15, 0.2) is 11.5 Å². The molecule has 1 aromatic rings. The van der Waals surface area contributed by atoms with E-state index in [0.717, 1.165) is 64.8 Å². The molecule has 1 aliphatic carbocycles. The summed E-state index contributed by atoms with van der Waals surface area (Å²) < 4.78 is 16.7. The number of nitrogens with zero attached hydrogens (tertiary/aromatic N) is 2. The Morgan fingerprint density at radius 2 is 1.67 bits per heavy atom. The van der Waals surface area contributed by atoms with Crippen LogP contribution in [0.3, 0.4) is 0 Å². The number of carbonyl (C=O) groups is 2. The maximum atomic E-state index is 13.5. The van der Waals surface area contributed by atoms with Crippen LogP contribution in [-0.4, -0.2) is 81.3 Å². The molecule has 0 aromatic heterocycles. The van der Waals surface area contributed by atoms with Crippen molar-refractivity contribution < 1.29 is 23.8 Å². The van der Waals surface area contributed by atoms with Crippen molar-refractivity contribution in [1.82, 2.24) is 9.80 Å². The predicted molar refractivity (Wildman–Crippen MR) is 126 cm³/mol. The van der Waals surface area contributed by atoms with Gasteiger partial charge < -0.3 is 24.4 Å². The van der Waals surface area contributed by atoms with Crippen LogP contribution in [0.15, 0.2) is 12.1 Å². The molecule has 1 saturated carbocycles. The molecule has 2 saturated heterocycles. The summed E-state index contributed by atoms with van der Waals surface area (Å²) in [6, 6.07) is 3.40. The maximum Gasteiger partial charge on any atom is 0.256 e. The van der Waals surface area contributed by atoms with Gasteiger partial charge in [-0.25, -0.2) is 0 Å². The highest BCUT2D eigenvalue weighted by Gasteiger charge is 2.29. The summed E-state index contributed by atoms with van der Waals surface area (Å²) in [5, 5.41) is 3.03. The standard InChI is InChI=1S/C25H37N3O5/c1-31-22-15-20(21(16-23(22)32-2)26-24(29)18-7-4-3-5-8-18)25(30)28-12-10-27(11-13-28)17-19-9-6-14-33-19/h15-16,18-19H,3-14,17H2,1-2H3,(H,26,29)/t19-/m1/s1. The van der Waals surface area contributed by atoms with Gasteiger partial charge in [-0.1, -0.05) is 19.3 Å². The van der Waals surface area contributed by atoms with Gasteiger partial charge in [0.25, 0.3) is 5.91 Å². The lowest BCUT2D eigenvalue weighted by Crippen LogP contribution is -2.50. The molecule has 1 N–H and O–H groups in total. The second kappa shape index (κ2) is 11.2. The van der Waals surface area contributed by atoms with Gasteiger partial charge >= 0.3 is 0 Å². The molecule has 2 heterocycles. The van der Waals surface area contributed by atoms with Crippen molar-refractivity contribution >= 4 is 17.5 Å². The van der Waals surface area contributed by atoms with Crippen LogP contribution in [0.2, 0.25) is 0 Å². The molecule has 8 heteroatoms. The fraction of sp³-hybridized carbons (Fsp3) is 0.680. The molecule has 2 aliphatic heterocycles. The fourth-order valence-electron chi connectivity index (χ4n) is 5.14. The summed E-state index contributed by atoms with van der Waals surface area (Å²) >= 11 is 0. The van der Waals surface area contributed by atoms with Gasteiger partial charge in [0.05, 0.1) is 31.6 Å². The molecule has 182 valence electrons. The quantitative estimate of drug-likeness (QED) is 0.675. The minimum absolute atomic E-state index is 0.00357. The second-order valence-corrected chi connectivity index (χ2v) is 9.30. The number of piperazine rings is 1. The van der Waals surface area contributed by atoms with Crippen LogP contribution in [0.25, 0.3) is 0 Å². The molecule has 0 radical (unpaired) electrons. The molecule has 3 fully saturated rings. The molecule has 8 nitrogen and oxygen atoms in total. The van der Waals surface area contributed by atoms with Crippen molar-refractivity contribution in [3.8, 4) is 11.5 Å². The van der Waals surface area contributed by atoms with Crippen LogP contribution in [-0.2, 0) is 9.53 Å². The molecule has 2 amide bonds. The summed E-state index contributed by atoms with van der Waals surface area (Å²) in [4.78, 5) is 30.7. The fourth-order valence-corrected chi connectivity index (χ4v) is 5.14. The van der Waals surface area contributed by atoms with Crippen LogP contribution in [0.4, 0.5) is 5.69 Å². The molecule has 0 spiro atoms. The molecular formula is C25H37N3O5. The number of rotatable bonds is 7. The van der Waals surface area contributed by atoms with Crippen molar-refractivity contribution in [2.75, 3.05) is 58.9 Å². The van der Waals surface area contributed by atoms with E-state index in [9.17, 15) is 9.59 Å². The zero-order chi connectivity index (χ0) is 23.2. The smallest absolute Gasteiger partial charge is 0.256 e. The lowest BCUT2D eigenvalue weighted by molar-refractivity contribution is -0.120. The number of nitrogens with one attached hydrogen (secondary N) is 1. The molecule has 4 rings (SSSR count). The molecule has 1 aromatic carbocycles. The maximum absolute atomic E-state index is 13.5. The summed E-state index contributed by atoms with van der Waals surface area (Å²) in [5.41, 5.74) is 0.944. The number of hydrogen-bond acceptors (Lipinski definition) is 6. The van der Waals surface area contributed by atoms with Crippen LogP contribution in [0.5, 0.6) is 11.5 Å². The first-order valence-electron chi connectivity index (χ1n) is 12.3. The highest BCUT2D eigenvalue weighted by molar-refractivity contribution is 6.05. The van der Waals surface area contributed by atoms with Crippen molar-refractivity contribution in [3.05, 3.63) is 17.7 Å². The Balaban J connectivity index is 1.47. The SMILES string of the molecule is COc1cc(NC(=O)C2CCCCC2)c(C(=O)N2CCN(C[C@H]3CCCO3)CC2)cc1OC. The summed E-state index contributed by atoms with van der Waals surface area (Å²) in [5.74, 6) is 0.864. The molecule has 3 aliphatic rings. The minimum Gasteiger partial charge on any atom is -0.493 e. The number of methoxy groups -OCH3 is 2. The summed E-state index contributed by atoms with van der Waals surface area (Å²) in [6.45, 7) is 4.73. The van der Waals surface area contributed by atoms with E-state index in [1.807, 2.05) is 4.90 Å². The third kappa shape index (κ3) is 5.79. The molecular weight excluding hydrogens is 422 g/mol. The molecule has 0 unspecified atom stereocenters. The first kappa shape index (κ1) is 23.8. The summed E-state index contributed by atoms with van der Waals surface area (Å²) in [6.07, 6.45) is 7.71. The van der Waals surface area contributed by atoms with Gasteiger partial charge in [0.1, 0.15) is 0 Å². The number of anilines is 1. The van der Waals surface area contributed by atoms with Gasteiger partial charge in [-0.05, 0) is 31.7 Å². The van der Waals surface area contributed by atoms with E-state index in [2.05, 4.69) is 10.2 Å². The summed E-state index contributed by atoms with van der Waals surface area (Å²) in [7, 11) is 3.11. The van der Waals surface area contributed by atoms with E-state index in [1.54, 1.807) is 26.4 Å². The highest BCUT2D eigenvalue weighted by Crippen LogP contribution is 2.35. The van der Waals surface area contributed by atoms with Crippen LogP contribution in [0.1, 0.15) is 55.3 Å². The largest absolute Gasteiger partial charge is 0.493 e. The molecule has 0 bridgehead atoms. The van der Waals surface area contributed by atoms with Crippen LogP contribution < -0.4 is 14.8 Å². The second-order valence-electron chi connectivity index (χ2n) is 9.30. The highest BCUT2D eigenvalue weighted by atomic mass is 16.5. The average molecular weight is 460 g/mol. The molecule has 33 heavy (non-hydrogen) atoms. The van der Waals surface area contributed by atoms with E-state index in [1.165, 1.54) is 6.42 Å². The Bertz CT molecular complexity index is 826. The van der Waals surface area contributed by atoms with Crippen molar-refractivity contribution in [2.24, 2.45) is 5.92 Å².